The number of amides is 8. The number of likely N-dealkylation sites (N-methyl/N-ethyl adjacent to an activating group) is 1. The van der Waals surface area contributed by atoms with Crippen LogP contribution in [-0.2, 0) is 86.5 Å². The fraction of sp³-hybridized carbons (Fsp3) is 0.463. The van der Waals surface area contributed by atoms with Crippen LogP contribution in [0.2, 0.25) is 0 Å². The van der Waals surface area contributed by atoms with E-state index in [0.717, 1.165) is 11.8 Å². The molecule has 0 aromatic heterocycles. The number of ether oxygens (including phenoxy) is 2. The van der Waals surface area contributed by atoms with E-state index in [1.165, 1.54) is 87.5 Å². The quantitative estimate of drug-likeness (QED) is 0.0438. The highest BCUT2D eigenvalue weighted by atomic mass is 32.3. The molecule has 5 rings (SSSR count). The molecule has 0 radical (unpaired) electrons. The van der Waals surface area contributed by atoms with Crippen molar-refractivity contribution in [2.45, 2.75) is 134 Å². The molecular weight excluding hydrogens is 1080 g/mol. The standard InChI is InChI=1S/C54H70N8O18S/c1-8-37-47(67)58-39-24-25-43(78-7)62(52(39)72)41(27-33-12-10-9-11-13-33)53(73)61(6)40(26-34-16-21-36(64)22-17-34)49(69)59-44(29(2)3)54(74)80-31(5)45(51(71)56-37)60-48(68)38(23-18-32-14-19-35(63)20-15-32)57-46(66)30(4)55-50(70)42(65)28-79-81(75,76)77/h8-17,19-22,29-31,38-45,63-65H,18,23-28H2,1-7H3,(H,55,70)(H,56,71)(H,57,66)(H,58,67)(H,59,69)(H,60,68)(H,75,76,77)/b37-8+/t30-,31+,38-,39-,40-,41-,42+,43+,44-,45-/m0/s1. The van der Waals surface area contributed by atoms with E-state index < -0.39 is 143 Å². The lowest BCUT2D eigenvalue weighted by Gasteiger charge is -2.44. The number of aromatic hydroxyl groups is 2. The van der Waals surface area contributed by atoms with Gasteiger partial charge in [0, 0.05) is 27.0 Å². The predicted octanol–water partition coefficient (Wildman–Crippen LogP) is -0.448. The van der Waals surface area contributed by atoms with Crippen LogP contribution in [0.5, 0.6) is 11.5 Å². The number of benzene rings is 3. The number of aliphatic hydroxyl groups is 1. The Kier molecular flexibility index (Phi) is 22.8. The summed E-state index contributed by atoms with van der Waals surface area (Å²) in [6.45, 7) is 5.71. The largest absolute Gasteiger partial charge is 0.508 e. The number of rotatable bonds is 18. The molecule has 2 fully saturated rings. The second-order valence-electron chi connectivity index (χ2n) is 19.9. The molecule has 27 heteroatoms. The van der Waals surface area contributed by atoms with Gasteiger partial charge in [-0.05, 0) is 93.3 Å². The number of nitrogens with zero attached hydrogens (tertiary/aromatic N) is 2. The van der Waals surface area contributed by atoms with Crippen molar-refractivity contribution in [3.8, 4) is 11.5 Å². The SMILES string of the molecule is C/C=C1/NC(=O)[C@@H](NC(=O)[C@H](CCc2ccc(O)cc2)NC(=O)[C@H](C)NC(=O)[C@H](O)COS(=O)(=O)O)[C@@H](C)OC(=O)[C@H](C(C)C)NC(=O)[C@H](Cc2ccc(O)cc2)N(C)C(=O)[C@H](Cc2ccccc2)N2C(=O)[C@H](CC[C@H]2OC)NC1=O. The maximum Gasteiger partial charge on any atom is 0.397 e. The number of esters is 1. The van der Waals surface area contributed by atoms with Gasteiger partial charge in [0.1, 0.15) is 78.4 Å². The van der Waals surface area contributed by atoms with Gasteiger partial charge in [-0.15, -0.1) is 0 Å². The molecule has 2 saturated heterocycles. The van der Waals surface area contributed by atoms with Crippen LogP contribution in [0.4, 0.5) is 0 Å². The van der Waals surface area contributed by atoms with Crippen molar-refractivity contribution in [2.24, 2.45) is 5.92 Å². The number of hydrogen-bond donors (Lipinski definition) is 10. The van der Waals surface area contributed by atoms with Gasteiger partial charge in [0.2, 0.25) is 29.5 Å². The average molecular weight is 1150 g/mol. The van der Waals surface area contributed by atoms with Crippen molar-refractivity contribution in [3.63, 3.8) is 0 Å². The van der Waals surface area contributed by atoms with Crippen molar-refractivity contribution < 1.29 is 85.1 Å². The summed E-state index contributed by atoms with van der Waals surface area (Å²) in [4.78, 5) is 132. The van der Waals surface area contributed by atoms with Gasteiger partial charge in [-0.25, -0.2) is 8.98 Å². The number of phenols is 2. The third-order valence-corrected chi connectivity index (χ3v) is 14.0. The number of piperidine rings is 1. The Morgan fingerprint density at radius 1 is 0.790 bits per heavy atom. The van der Waals surface area contributed by atoms with Crippen LogP contribution in [0.1, 0.15) is 70.6 Å². The summed E-state index contributed by atoms with van der Waals surface area (Å²) in [6.07, 6.45) is -3.99. The van der Waals surface area contributed by atoms with Crippen molar-refractivity contribution in [1.82, 2.24) is 41.7 Å². The lowest BCUT2D eigenvalue weighted by Crippen LogP contribution is -2.65. The molecule has 0 unspecified atom stereocenters. The van der Waals surface area contributed by atoms with Gasteiger partial charge in [0.15, 0.2) is 6.10 Å². The first-order valence-corrected chi connectivity index (χ1v) is 27.3. The molecule has 3 aromatic rings. The monoisotopic (exact) mass is 1150 g/mol. The van der Waals surface area contributed by atoms with Gasteiger partial charge in [-0.3, -0.25) is 42.9 Å². The second-order valence-corrected chi connectivity index (χ2v) is 20.9. The van der Waals surface area contributed by atoms with Crippen LogP contribution in [0, 0.1) is 5.92 Å². The van der Waals surface area contributed by atoms with Crippen LogP contribution >= 0.6 is 0 Å². The van der Waals surface area contributed by atoms with Crippen LogP contribution in [0.15, 0.2) is 90.6 Å². The number of carbonyl (C=O) groups is 9. The lowest BCUT2D eigenvalue weighted by atomic mass is 9.95. The average Bonchev–Trinajstić information content (AvgIpc) is 3.52. The zero-order chi connectivity index (χ0) is 59.9. The summed E-state index contributed by atoms with van der Waals surface area (Å²) in [5, 5.41) is 45.0. The molecule has 2 heterocycles. The number of carbonyl (C=O) groups excluding carboxylic acids is 9. The minimum Gasteiger partial charge on any atom is -0.508 e. The molecule has 2 aliphatic rings. The van der Waals surface area contributed by atoms with E-state index in [1.807, 2.05) is 0 Å². The molecule has 0 saturated carbocycles. The van der Waals surface area contributed by atoms with Gasteiger partial charge >= 0.3 is 16.4 Å². The summed E-state index contributed by atoms with van der Waals surface area (Å²) in [5.74, 6) is -9.88. The number of fused-ring (bicyclic) bond motifs is 2. The number of nitrogens with one attached hydrogen (secondary N) is 6. The van der Waals surface area contributed by atoms with Gasteiger partial charge in [-0.2, -0.15) is 8.42 Å². The number of cyclic esters (lactones) is 1. The summed E-state index contributed by atoms with van der Waals surface area (Å²) >= 11 is 0. The van der Waals surface area contributed by atoms with Crippen LogP contribution in [-0.4, -0.2) is 173 Å². The van der Waals surface area contributed by atoms with E-state index in [0.29, 0.717) is 16.7 Å². The van der Waals surface area contributed by atoms with E-state index in [-0.39, 0.29) is 50.0 Å². The number of allylic oxidation sites excluding steroid dienone is 1. The minimum absolute atomic E-state index is 0.00331. The second kappa shape index (κ2) is 28.9. The Morgan fingerprint density at radius 2 is 1.38 bits per heavy atom. The topological polar surface area (TPSA) is 375 Å². The van der Waals surface area contributed by atoms with E-state index in [1.54, 1.807) is 44.2 Å². The number of phenolic OH excluding ortho intramolecular Hbond substituents is 2. The summed E-state index contributed by atoms with van der Waals surface area (Å²) in [5.41, 5.74) is 1.24. The fourth-order valence-electron chi connectivity index (χ4n) is 8.97. The number of methoxy groups -OCH3 is 1. The van der Waals surface area contributed by atoms with Crippen molar-refractivity contribution in [2.75, 3.05) is 20.8 Å². The molecule has 8 amide bonds. The maximum absolute atomic E-state index is 15.2. The normalized spacial score (nSPS) is 23.3. The van der Waals surface area contributed by atoms with Gasteiger partial charge in [-0.1, -0.05) is 74.5 Å². The smallest absolute Gasteiger partial charge is 0.397 e. The molecule has 0 spiro atoms. The first kappa shape index (κ1) is 63.8. The number of aliphatic hydroxyl groups excluding tert-OH is 1. The zero-order valence-corrected chi connectivity index (χ0v) is 46.5. The van der Waals surface area contributed by atoms with E-state index in [9.17, 15) is 62.1 Å². The lowest BCUT2D eigenvalue weighted by molar-refractivity contribution is -0.168. The fourth-order valence-corrected chi connectivity index (χ4v) is 9.27. The highest BCUT2D eigenvalue weighted by Gasteiger charge is 2.46. The van der Waals surface area contributed by atoms with Gasteiger partial charge < -0.3 is 66.5 Å². The van der Waals surface area contributed by atoms with E-state index >= 15 is 4.79 Å². The Bertz CT molecular complexity index is 2890. The molecule has 3 aromatic carbocycles. The summed E-state index contributed by atoms with van der Waals surface area (Å²) < 4.78 is 46.6. The number of aryl methyl sites for hydroxylation is 1. The zero-order valence-electron chi connectivity index (χ0n) is 45.7. The molecule has 2 bridgehead atoms. The van der Waals surface area contributed by atoms with Crippen LogP contribution < -0.4 is 31.9 Å². The van der Waals surface area contributed by atoms with Crippen LogP contribution in [0.3, 0.4) is 0 Å². The Hall–Kier alpha value is -7.98. The van der Waals surface area contributed by atoms with Crippen molar-refractivity contribution in [3.05, 3.63) is 107 Å². The van der Waals surface area contributed by atoms with Crippen molar-refractivity contribution in [1.29, 1.82) is 0 Å². The Labute approximate surface area is 468 Å². The van der Waals surface area contributed by atoms with Crippen molar-refractivity contribution >= 4 is 63.6 Å². The predicted molar refractivity (Wildman–Crippen MR) is 287 cm³/mol. The van der Waals surface area contributed by atoms with E-state index in [2.05, 4.69) is 36.1 Å². The molecular formula is C54H70N8O18S. The first-order chi connectivity index (χ1) is 38.2. The molecule has 81 heavy (non-hydrogen) atoms. The summed E-state index contributed by atoms with van der Waals surface area (Å²) in [6, 6.07) is 9.78. The molecule has 10 N–H and O–H groups in total. The van der Waals surface area contributed by atoms with Gasteiger partial charge in [0.05, 0.1) is 0 Å². The summed E-state index contributed by atoms with van der Waals surface area (Å²) in [7, 11) is -2.34. The first-order valence-electron chi connectivity index (χ1n) is 25.9. The minimum atomic E-state index is -5.06. The van der Waals surface area contributed by atoms with Crippen LogP contribution in [0.25, 0.3) is 0 Å². The molecule has 0 aliphatic carbocycles. The van der Waals surface area contributed by atoms with E-state index in [4.69, 9.17) is 14.0 Å². The third-order valence-electron chi connectivity index (χ3n) is 13.6. The molecule has 26 nitrogen and oxygen atoms in total. The van der Waals surface area contributed by atoms with Gasteiger partial charge in [0.25, 0.3) is 17.7 Å². The maximum atomic E-state index is 15.2. The molecule has 10 atom stereocenters. The third kappa shape index (κ3) is 18.0. The molecule has 2 aliphatic heterocycles. The number of hydrogen-bond acceptors (Lipinski definition) is 17. The highest BCUT2D eigenvalue weighted by molar-refractivity contribution is 7.80. The Morgan fingerprint density at radius 3 is 1.96 bits per heavy atom. The Balaban J connectivity index is 1.56. The molecule has 440 valence electrons. The highest BCUT2D eigenvalue weighted by Crippen LogP contribution is 2.27.